The fraction of sp³-hybridized carbons (Fsp3) is 0.652. The van der Waals surface area contributed by atoms with Crippen LogP contribution < -0.4 is 0 Å². The third-order valence-corrected chi connectivity index (χ3v) is 10.1. The minimum atomic E-state index is -1.86. The normalized spacial score (nSPS) is 16.4. The summed E-state index contributed by atoms with van der Waals surface area (Å²) in [5.41, 5.74) is 1.21. The quantitative estimate of drug-likeness (QED) is 0.287. The van der Waals surface area contributed by atoms with Gasteiger partial charge in [-0.05, 0) is 43.5 Å². The highest BCUT2D eigenvalue weighted by Gasteiger charge is 2.39. The molecule has 4 heteroatoms. The van der Waals surface area contributed by atoms with Crippen molar-refractivity contribution in [1.82, 2.24) is 0 Å². The van der Waals surface area contributed by atoms with E-state index in [4.69, 9.17) is 9.16 Å². The first-order valence-corrected chi connectivity index (χ1v) is 13.1. The van der Waals surface area contributed by atoms with Crippen molar-refractivity contribution in [3.05, 3.63) is 48.0 Å². The minimum Gasteiger partial charge on any atom is -0.412 e. The number of aliphatic hydroxyl groups excluding tert-OH is 1. The van der Waals surface area contributed by atoms with Crippen LogP contribution in [-0.2, 0) is 15.8 Å². The molecule has 154 valence electrons. The van der Waals surface area contributed by atoms with Gasteiger partial charge in [0.25, 0.3) is 0 Å². The van der Waals surface area contributed by atoms with Gasteiger partial charge in [0.05, 0.1) is 18.8 Å². The van der Waals surface area contributed by atoms with Crippen LogP contribution in [0.25, 0.3) is 0 Å². The van der Waals surface area contributed by atoms with Crippen LogP contribution in [0.3, 0.4) is 0 Å². The highest BCUT2D eigenvalue weighted by Crippen LogP contribution is 2.37. The van der Waals surface area contributed by atoms with Crippen LogP contribution in [0.4, 0.5) is 0 Å². The molecule has 0 bridgehead atoms. The second-order valence-electron chi connectivity index (χ2n) is 9.04. The molecule has 0 aliphatic carbocycles. The number of ether oxygens (including phenoxy) is 1. The van der Waals surface area contributed by atoms with E-state index in [9.17, 15) is 5.11 Å². The largest absolute Gasteiger partial charge is 0.412 e. The molecular formula is C23H40O3Si. The number of aliphatic hydroxyl groups is 1. The van der Waals surface area contributed by atoms with Gasteiger partial charge in [-0.2, -0.15) is 0 Å². The average Bonchev–Trinajstić information content (AvgIpc) is 2.59. The van der Waals surface area contributed by atoms with Crippen molar-refractivity contribution in [2.75, 3.05) is 6.61 Å². The zero-order valence-electron chi connectivity index (χ0n) is 18.4. The van der Waals surface area contributed by atoms with Crippen LogP contribution >= 0.6 is 0 Å². The highest BCUT2D eigenvalue weighted by atomic mass is 28.4. The van der Waals surface area contributed by atoms with Crippen molar-refractivity contribution in [2.24, 2.45) is 5.92 Å². The fourth-order valence-electron chi connectivity index (χ4n) is 2.63. The first-order chi connectivity index (χ1) is 12.5. The minimum absolute atomic E-state index is 0.0787. The molecule has 1 N–H and O–H groups in total. The van der Waals surface area contributed by atoms with Gasteiger partial charge in [0.15, 0.2) is 8.32 Å². The maximum atomic E-state index is 10.6. The molecule has 27 heavy (non-hydrogen) atoms. The Morgan fingerprint density at radius 1 is 1.11 bits per heavy atom. The van der Waals surface area contributed by atoms with E-state index in [2.05, 4.69) is 65.1 Å². The molecule has 3 atom stereocenters. The summed E-state index contributed by atoms with van der Waals surface area (Å²) in [4.78, 5) is 0. The van der Waals surface area contributed by atoms with E-state index in [0.29, 0.717) is 6.61 Å². The molecule has 0 fully saturated rings. The van der Waals surface area contributed by atoms with Crippen LogP contribution in [-0.4, -0.2) is 32.2 Å². The summed E-state index contributed by atoms with van der Waals surface area (Å²) in [6.45, 7) is 16.6. The molecule has 0 saturated heterocycles. The summed E-state index contributed by atoms with van der Waals surface area (Å²) in [5, 5.41) is 10.8. The van der Waals surface area contributed by atoms with Gasteiger partial charge in [0, 0.05) is 12.5 Å². The topological polar surface area (TPSA) is 38.7 Å². The Morgan fingerprint density at radius 2 is 1.74 bits per heavy atom. The Labute approximate surface area is 167 Å². The molecule has 0 heterocycles. The SMILES string of the molecule is C[C@H](/C=C/CCCOCc1ccccc1)[C@@H](O)[C@H](C)O[Si](C)(C)C(C)(C)C. The van der Waals surface area contributed by atoms with Crippen molar-refractivity contribution < 1.29 is 14.3 Å². The van der Waals surface area contributed by atoms with Crippen LogP contribution in [0.5, 0.6) is 0 Å². The monoisotopic (exact) mass is 392 g/mol. The Hall–Kier alpha value is -0.943. The second kappa shape index (κ2) is 11.2. The maximum Gasteiger partial charge on any atom is 0.192 e. The summed E-state index contributed by atoms with van der Waals surface area (Å²) in [6.07, 6.45) is 5.57. The summed E-state index contributed by atoms with van der Waals surface area (Å²) in [6, 6.07) is 10.2. The Morgan fingerprint density at radius 3 is 2.33 bits per heavy atom. The molecule has 1 rings (SSSR count). The van der Waals surface area contributed by atoms with Crippen LogP contribution in [0.15, 0.2) is 42.5 Å². The zero-order chi connectivity index (χ0) is 20.5. The Bertz CT molecular complexity index is 548. The maximum absolute atomic E-state index is 10.6. The lowest BCUT2D eigenvalue weighted by Crippen LogP contribution is -2.47. The molecule has 0 unspecified atom stereocenters. The first kappa shape index (κ1) is 24.1. The van der Waals surface area contributed by atoms with E-state index in [1.165, 1.54) is 5.56 Å². The number of allylic oxidation sites excluding steroid dienone is 1. The number of benzene rings is 1. The molecule has 0 aliphatic heterocycles. The fourth-order valence-corrected chi connectivity index (χ4v) is 4.05. The van der Waals surface area contributed by atoms with E-state index in [1.807, 2.05) is 25.1 Å². The summed E-state index contributed by atoms with van der Waals surface area (Å²) in [5.74, 6) is 0.0787. The smallest absolute Gasteiger partial charge is 0.192 e. The average molecular weight is 393 g/mol. The van der Waals surface area contributed by atoms with E-state index >= 15 is 0 Å². The van der Waals surface area contributed by atoms with Crippen molar-refractivity contribution in [1.29, 1.82) is 0 Å². The van der Waals surface area contributed by atoms with Gasteiger partial charge < -0.3 is 14.3 Å². The Balaban J connectivity index is 2.28. The lowest BCUT2D eigenvalue weighted by molar-refractivity contribution is 0.0167. The van der Waals surface area contributed by atoms with Crippen LogP contribution in [0, 0.1) is 5.92 Å². The van der Waals surface area contributed by atoms with Gasteiger partial charge in [-0.15, -0.1) is 0 Å². The summed E-state index contributed by atoms with van der Waals surface area (Å²) >= 11 is 0. The van der Waals surface area contributed by atoms with Gasteiger partial charge in [-0.1, -0.05) is 70.2 Å². The third kappa shape index (κ3) is 8.73. The lowest BCUT2D eigenvalue weighted by Gasteiger charge is -2.40. The predicted molar refractivity (Wildman–Crippen MR) is 117 cm³/mol. The molecule has 3 nitrogen and oxygen atoms in total. The third-order valence-electron chi connectivity index (χ3n) is 5.52. The molecule has 1 aromatic rings. The van der Waals surface area contributed by atoms with Gasteiger partial charge in [0.2, 0.25) is 0 Å². The van der Waals surface area contributed by atoms with Gasteiger partial charge >= 0.3 is 0 Å². The second-order valence-corrected chi connectivity index (χ2v) is 13.8. The van der Waals surface area contributed by atoms with Gasteiger partial charge in [0.1, 0.15) is 0 Å². The number of unbranched alkanes of at least 4 members (excludes halogenated alkanes) is 1. The molecule has 0 amide bonds. The van der Waals surface area contributed by atoms with Crippen molar-refractivity contribution >= 4 is 8.32 Å². The van der Waals surface area contributed by atoms with Crippen molar-refractivity contribution in [3.8, 4) is 0 Å². The van der Waals surface area contributed by atoms with Crippen molar-refractivity contribution in [3.63, 3.8) is 0 Å². The molecule has 0 spiro atoms. The number of hydrogen-bond donors (Lipinski definition) is 1. The summed E-state index contributed by atoms with van der Waals surface area (Å²) < 4.78 is 12.0. The van der Waals surface area contributed by atoms with E-state index in [1.54, 1.807) is 0 Å². The highest BCUT2D eigenvalue weighted by molar-refractivity contribution is 6.74. The summed E-state index contributed by atoms with van der Waals surface area (Å²) in [7, 11) is -1.86. The molecule has 1 aromatic carbocycles. The van der Waals surface area contributed by atoms with E-state index < -0.39 is 14.4 Å². The molecule has 0 radical (unpaired) electrons. The Kier molecular flexibility index (Phi) is 9.95. The molecule has 0 saturated carbocycles. The van der Waals surface area contributed by atoms with E-state index in [0.717, 1.165) is 19.4 Å². The standard InChI is InChI=1S/C23H40O3Si/c1-19(22(24)20(2)26-27(6,7)23(3,4)5)14-10-9-13-17-25-18-21-15-11-8-12-16-21/h8,10-12,14-16,19-20,22,24H,9,13,17-18H2,1-7H3/b14-10+/t19-,20+,22-/m1/s1. The predicted octanol–water partition coefficient (Wildman–Crippen LogP) is 5.95. The zero-order valence-corrected chi connectivity index (χ0v) is 19.4. The number of rotatable bonds is 11. The molecule has 0 aromatic heterocycles. The van der Waals surface area contributed by atoms with E-state index in [-0.39, 0.29) is 17.1 Å². The molecular weight excluding hydrogens is 352 g/mol. The molecule has 0 aliphatic rings. The van der Waals surface area contributed by atoms with Gasteiger partial charge in [-0.25, -0.2) is 0 Å². The van der Waals surface area contributed by atoms with Crippen LogP contribution in [0.1, 0.15) is 53.0 Å². The lowest BCUT2D eigenvalue weighted by atomic mass is 10.00. The first-order valence-electron chi connectivity index (χ1n) is 10.2. The van der Waals surface area contributed by atoms with Gasteiger partial charge in [-0.3, -0.25) is 0 Å². The number of hydrogen-bond acceptors (Lipinski definition) is 3. The van der Waals surface area contributed by atoms with Crippen LogP contribution in [0.2, 0.25) is 18.1 Å². The van der Waals surface area contributed by atoms with Crippen molar-refractivity contribution in [2.45, 2.75) is 84.4 Å².